The van der Waals surface area contributed by atoms with Gasteiger partial charge < -0.3 is 0 Å². The molecule has 0 unspecified atom stereocenters. The average Bonchev–Trinajstić information content (AvgIpc) is 2.90. The number of benzene rings is 2. The zero-order valence-electron chi connectivity index (χ0n) is 13.4. The van der Waals surface area contributed by atoms with Gasteiger partial charge in [-0.3, -0.25) is 25.1 Å². The summed E-state index contributed by atoms with van der Waals surface area (Å²) in [6, 6.07) is 11.9. The van der Waals surface area contributed by atoms with Gasteiger partial charge in [0.05, 0.1) is 9.83 Å². The molecule has 1 fully saturated rings. The van der Waals surface area contributed by atoms with Gasteiger partial charge in [0, 0.05) is 22.7 Å². The van der Waals surface area contributed by atoms with E-state index >= 15 is 0 Å². The van der Waals surface area contributed by atoms with Gasteiger partial charge in [0.15, 0.2) is 4.32 Å². The number of hydrazine groups is 1. The lowest BCUT2D eigenvalue weighted by molar-refractivity contribution is -0.384. The molecule has 0 aliphatic carbocycles. The Morgan fingerprint density at radius 3 is 2.41 bits per heavy atom. The molecule has 0 spiro atoms. The van der Waals surface area contributed by atoms with E-state index in [0.717, 1.165) is 16.8 Å². The van der Waals surface area contributed by atoms with Crippen LogP contribution in [-0.4, -0.2) is 26.1 Å². The number of non-ortho nitro benzene ring substituents is 1. The fourth-order valence-electron chi connectivity index (χ4n) is 2.18. The molecule has 27 heavy (non-hydrogen) atoms. The number of halogens is 1. The third kappa shape index (κ3) is 4.33. The molecule has 7 nitrogen and oxygen atoms in total. The molecule has 2 aromatic rings. The van der Waals surface area contributed by atoms with Crippen LogP contribution in [-0.2, 0) is 4.79 Å². The minimum atomic E-state index is -0.504. The van der Waals surface area contributed by atoms with Crippen LogP contribution in [0.2, 0.25) is 5.02 Å². The summed E-state index contributed by atoms with van der Waals surface area (Å²) < 4.78 is 0.176. The largest absolute Gasteiger partial charge is 0.285 e. The van der Waals surface area contributed by atoms with E-state index in [1.54, 1.807) is 18.2 Å². The molecule has 0 saturated carbocycles. The summed E-state index contributed by atoms with van der Waals surface area (Å²) in [4.78, 5) is 35.3. The zero-order valence-corrected chi connectivity index (χ0v) is 15.8. The van der Waals surface area contributed by atoms with Crippen LogP contribution in [0, 0.1) is 10.1 Å². The molecule has 10 heteroatoms. The van der Waals surface area contributed by atoms with Crippen LogP contribution >= 0.6 is 35.6 Å². The van der Waals surface area contributed by atoms with Crippen molar-refractivity contribution in [2.24, 2.45) is 0 Å². The second-order valence-corrected chi connectivity index (χ2v) is 7.43. The van der Waals surface area contributed by atoms with Crippen molar-refractivity contribution in [3.63, 3.8) is 0 Å². The molecular weight excluding hydrogens is 410 g/mol. The van der Waals surface area contributed by atoms with E-state index in [2.05, 4.69) is 5.43 Å². The number of nitro benzene ring substituents is 1. The van der Waals surface area contributed by atoms with E-state index in [-0.39, 0.29) is 10.0 Å². The number of thioether (sulfide) groups is 1. The molecule has 0 aromatic heterocycles. The maximum Gasteiger partial charge on any atom is 0.285 e. The summed E-state index contributed by atoms with van der Waals surface area (Å²) in [7, 11) is 0. The van der Waals surface area contributed by atoms with Crippen LogP contribution < -0.4 is 5.43 Å². The molecule has 1 saturated heterocycles. The van der Waals surface area contributed by atoms with Crippen LogP contribution in [0.15, 0.2) is 53.4 Å². The highest BCUT2D eigenvalue weighted by Gasteiger charge is 2.33. The standard InChI is InChI=1S/C17H10ClN3O4S2/c18-12-5-3-11(4-6-12)15(22)19-20-16(23)14(27-17(20)26)9-10-1-7-13(8-2-10)21(24)25/h1-9H,(H,19,22)/b14-9+. The highest BCUT2D eigenvalue weighted by molar-refractivity contribution is 8.26. The van der Waals surface area contributed by atoms with Gasteiger partial charge in [-0.2, -0.15) is 5.01 Å². The molecule has 136 valence electrons. The molecule has 0 radical (unpaired) electrons. The van der Waals surface area contributed by atoms with Gasteiger partial charge in [0.25, 0.3) is 17.5 Å². The molecule has 2 aromatic carbocycles. The predicted octanol–water partition coefficient (Wildman–Crippen LogP) is 3.79. The Bertz CT molecular complexity index is 975. The van der Waals surface area contributed by atoms with Crippen LogP contribution in [0.25, 0.3) is 6.08 Å². The lowest BCUT2D eigenvalue weighted by Gasteiger charge is -2.15. The summed E-state index contributed by atoms with van der Waals surface area (Å²) >= 11 is 12.0. The maximum atomic E-state index is 12.5. The van der Waals surface area contributed by atoms with Gasteiger partial charge in [-0.25, -0.2) is 0 Å². The normalized spacial score (nSPS) is 15.3. The first-order chi connectivity index (χ1) is 12.8. The first-order valence-electron chi connectivity index (χ1n) is 7.44. The van der Waals surface area contributed by atoms with Crippen LogP contribution in [0.4, 0.5) is 5.69 Å². The average molecular weight is 420 g/mol. The lowest BCUT2D eigenvalue weighted by Crippen LogP contribution is -2.44. The van der Waals surface area contributed by atoms with Crippen LogP contribution in [0.5, 0.6) is 0 Å². The maximum absolute atomic E-state index is 12.5. The minimum absolute atomic E-state index is 0.0464. The number of hydrogen-bond donors (Lipinski definition) is 1. The van der Waals surface area contributed by atoms with E-state index in [1.165, 1.54) is 36.4 Å². The molecule has 2 amide bonds. The Balaban J connectivity index is 1.75. The fraction of sp³-hybridized carbons (Fsp3) is 0. The Hall–Kier alpha value is -2.75. The predicted molar refractivity (Wildman–Crippen MR) is 107 cm³/mol. The highest BCUT2D eigenvalue weighted by Crippen LogP contribution is 2.31. The van der Waals surface area contributed by atoms with Crippen molar-refractivity contribution in [1.82, 2.24) is 10.4 Å². The topological polar surface area (TPSA) is 92.6 Å². The summed E-state index contributed by atoms with van der Waals surface area (Å²) in [5.41, 5.74) is 3.35. The van der Waals surface area contributed by atoms with Gasteiger partial charge in [0.2, 0.25) is 0 Å². The third-order valence-corrected chi connectivity index (χ3v) is 5.07. The Morgan fingerprint density at radius 1 is 1.19 bits per heavy atom. The first kappa shape index (κ1) is 19.0. The molecule has 1 aliphatic rings. The van der Waals surface area contributed by atoms with Crippen molar-refractivity contribution in [3.8, 4) is 0 Å². The SMILES string of the molecule is O=C(NN1C(=O)/C(=C\c2ccc([N+](=O)[O-])cc2)SC1=S)c1ccc(Cl)cc1. The monoisotopic (exact) mass is 419 g/mol. The lowest BCUT2D eigenvalue weighted by atomic mass is 10.2. The number of carbonyl (C=O) groups is 2. The van der Waals surface area contributed by atoms with Gasteiger partial charge in [-0.1, -0.05) is 23.4 Å². The molecular formula is C17H10ClN3O4S2. The molecule has 3 rings (SSSR count). The number of amides is 2. The summed E-state index contributed by atoms with van der Waals surface area (Å²) in [6.45, 7) is 0. The Morgan fingerprint density at radius 2 is 1.81 bits per heavy atom. The van der Waals surface area contributed by atoms with E-state index in [9.17, 15) is 19.7 Å². The van der Waals surface area contributed by atoms with E-state index in [1.807, 2.05) is 0 Å². The quantitative estimate of drug-likeness (QED) is 0.351. The molecule has 1 heterocycles. The van der Waals surface area contributed by atoms with Gasteiger partial charge in [-0.15, -0.1) is 0 Å². The smallest absolute Gasteiger partial charge is 0.267 e. The van der Waals surface area contributed by atoms with Crippen molar-refractivity contribution in [2.75, 3.05) is 0 Å². The number of nitrogens with zero attached hydrogens (tertiary/aromatic N) is 2. The van der Waals surface area contributed by atoms with Crippen molar-refractivity contribution in [3.05, 3.63) is 79.7 Å². The highest BCUT2D eigenvalue weighted by atomic mass is 35.5. The molecule has 0 atom stereocenters. The van der Waals surface area contributed by atoms with E-state index in [4.69, 9.17) is 23.8 Å². The number of nitrogens with one attached hydrogen (secondary N) is 1. The Labute approximate surface area is 168 Å². The van der Waals surface area contributed by atoms with Crippen molar-refractivity contribution < 1.29 is 14.5 Å². The Kier molecular flexibility index (Phi) is 5.54. The van der Waals surface area contributed by atoms with Gasteiger partial charge in [0.1, 0.15) is 0 Å². The number of thiocarbonyl (C=S) groups is 1. The first-order valence-corrected chi connectivity index (χ1v) is 9.04. The van der Waals surface area contributed by atoms with Gasteiger partial charge >= 0.3 is 0 Å². The minimum Gasteiger partial charge on any atom is -0.267 e. The molecule has 1 aliphatic heterocycles. The summed E-state index contributed by atoms with van der Waals surface area (Å²) in [5, 5.41) is 12.2. The van der Waals surface area contributed by atoms with Gasteiger partial charge in [-0.05, 0) is 60.3 Å². The van der Waals surface area contributed by atoms with Crippen LogP contribution in [0.3, 0.4) is 0 Å². The van der Waals surface area contributed by atoms with E-state index in [0.29, 0.717) is 21.1 Å². The second-order valence-electron chi connectivity index (χ2n) is 5.31. The zero-order chi connectivity index (χ0) is 19.6. The summed E-state index contributed by atoms with van der Waals surface area (Å²) in [6.07, 6.45) is 1.55. The fourth-order valence-corrected chi connectivity index (χ4v) is 3.48. The van der Waals surface area contributed by atoms with Crippen LogP contribution in [0.1, 0.15) is 15.9 Å². The number of carbonyl (C=O) groups excluding carboxylic acids is 2. The van der Waals surface area contributed by atoms with Crippen molar-refractivity contribution in [2.45, 2.75) is 0 Å². The van der Waals surface area contributed by atoms with Crippen molar-refractivity contribution in [1.29, 1.82) is 0 Å². The molecule has 0 bridgehead atoms. The number of hydrogen-bond acceptors (Lipinski definition) is 6. The molecule has 1 N–H and O–H groups in total. The van der Waals surface area contributed by atoms with E-state index < -0.39 is 16.7 Å². The third-order valence-electron chi connectivity index (χ3n) is 3.52. The number of rotatable bonds is 4. The van der Waals surface area contributed by atoms with Crippen molar-refractivity contribution >= 4 is 63.5 Å². The summed E-state index contributed by atoms with van der Waals surface area (Å²) in [5.74, 6) is -0.981. The number of nitro groups is 1. The second kappa shape index (κ2) is 7.87.